The molecule has 228 valence electrons. The molecule has 2 aromatic rings. The summed E-state index contributed by atoms with van der Waals surface area (Å²) in [6, 6.07) is 9.17. The highest BCUT2D eigenvalue weighted by Crippen LogP contribution is 2.65. The minimum absolute atomic E-state index is 0.0485. The first-order valence-electron chi connectivity index (χ1n) is 12.5. The van der Waals surface area contributed by atoms with Crippen molar-refractivity contribution in [3.8, 4) is 5.75 Å². The Labute approximate surface area is 227 Å². The number of rotatable bonds is 13. The number of hydrogen-bond acceptors (Lipinski definition) is 4. The maximum atomic E-state index is 14.4. The zero-order valence-electron chi connectivity index (χ0n) is 21.4. The standard InChI is InChI=1S/C25H29F9O4S2/c1-2-3-4-5-6-13-37-20-11-9-19-17-21(12-10-18(19)16-20)39(14-7-8-15-39)38-40(35,36)25(33,34)23(28,29)22(26,27)24(30,31)32/h9-12,16-17H,2-8,13-15H2,1H3. The molecule has 3 rings (SSSR count). The Kier molecular flexibility index (Phi) is 9.62. The zero-order valence-corrected chi connectivity index (χ0v) is 23.0. The summed E-state index contributed by atoms with van der Waals surface area (Å²) in [4.78, 5) is 0.0485. The molecule has 0 amide bonds. The van der Waals surface area contributed by atoms with E-state index in [1.54, 1.807) is 18.2 Å². The number of unbranched alkanes of at least 4 members (excludes halogenated alkanes) is 4. The second-order valence-electron chi connectivity index (χ2n) is 9.55. The van der Waals surface area contributed by atoms with E-state index in [-0.39, 0.29) is 29.2 Å². The van der Waals surface area contributed by atoms with Crippen molar-refractivity contribution in [2.45, 2.75) is 80.0 Å². The van der Waals surface area contributed by atoms with Crippen LogP contribution in [0.15, 0.2) is 41.3 Å². The number of fused-ring (bicyclic) bond motifs is 1. The van der Waals surface area contributed by atoms with Crippen LogP contribution < -0.4 is 4.74 Å². The van der Waals surface area contributed by atoms with Gasteiger partial charge in [0.25, 0.3) is 0 Å². The molecule has 0 aromatic heterocycles. The molecule has 1 aliphatic rings. The Bertz CT molecular complexity index is 1270. The van der Waals surface area contributed by atoms with E-state index in [1.165, 1.54) is 18.2 Å². The minimum Gasteiger partial charge on any atom is -0.494 e. The number of hydrogen-bond donors (Lipinski definition) is 0. The molecular weight excluding hydrogens is 599 g/mol. The van der Waals surface area contributed by atoms with Crippen LogP contribution in [0.1, 0.15) is 51.9 Å². The van der Waals surface area contributed by atoms with Crippen LogP contribution in [0.4, 0.5) is 39.5 Å². The third-order valence-corrected chi connectivity index (χ3v) is 12.2. The largest absolute Gasteiger partial charge is 0.494 e. The van der Waals surface area contributed by atoms with Crippen molar-refractivity contribution in [3.63, 3.8) is 0 Å². The Morgan fingerprint density at radius 3 is 1.95 bits per heavy atom. The molecule has 2 aromatic carbocycles. The lowest BCUT2D eigenvalue weighted by Gasteiger charge is -2.38. The van der Waals surface area contributed by atoms with Crippen molar-refractivity contribution in [3.05, 3.63) is 36.4 Å². The lowest BCUT2D eigenvalue weighted by atomic mass is 10.1. The van der Waals surface area contributed by atoms with E-state index >= 15 is 0 Å². The fourth-order valence-electron chi connectivity index (χ4n) is 4.27. The molecule has 1 heterocycles. The Hall–Kier alpha value is -1.87. The molecule has 0 radical (unpaired) electrons. The smallest absolute Gasteiger partial charge is 0.460 e. The Balaban J connectivity index is 1.87. The van der Waals surface area contributed by atoms with E-state index in [2.05, 4.69) is 10.6 Å². The van der Waals surface area contributed by atoms with E-state index < -0.39 is 43.7 Å². The van der Waals surface area contributed by atoms with Crippen molar-refractivity contribution in [1.82, 2.24) is 0 Å². The van der Waals surface area contributed by atoms with Crippen LogP contribution in [-0.4, -0.2) is 49.8 Å². The van der Waals surface area contributed by atoms with Crippen molar-refractivity contribution < 1.29 is 56.3 Å². The number of benzene rings is 2. The summed E-state index contributed by atoms with van der Waals surface area (Å²) in [6.45, 7) is 2.59. The quantitative estimate of drug-likeness (QED) is 0.164. The van der Waals surface area contributed by atoms with Crippen molar-refractivity contribution in [2.75, 3.05) is 18.1 Å². The molecule has 0 aliphatic carbocycles. The van der Waals surface area contributed by atoms with E-state index in [0.29, 0.717) is 23.1 Å². The molecule has 4 nitrogen and oxygen atoms in total. The molecule has 15 heteroatoms. The van der Waals surface area contributed by atoms with E-state index in [4.69, 9.17) is 4.74 Å². The van der Waals surface area contributed by atoms with Crippen LogP contribution >= 0.6 is 10.3 Å². The fourth-order valence-corrected chi connectivity index (χ4v) is 9.95. The molecule has 1 aliphatic heterocycles. The van der Waals surface area contributed by atoms with Gasteiger partial charge in [-0.15, -0.1) is 0 Å². The van der Waals surface area contributed by atoms with Crippen LogP contribution in [0.5, 0.6) is 5.75 Å². The third-order valence-electron chi connectivity index (χ3n) is 6.58. The van der Waals surface area contributed by atoms with Gasteiger partial charge in [0, 0.05) is 16.4 Å². The minimum atomic E-state index is -7.35. The van der Waals surface area contributed by atoms with Gasteiger partial charge in [-0.1, -0.05) is 55.0 Å². The zero-order chi connectivity index (χ0) is 30.0. The van der Waals surface area contributed by atoms with Crippen LogP contribution in [0.3, 0.4) is 0 Å². The van der Waals surface area contributed by atoms with Gasteiger partial charge in [0.1, 0.15) is 5.75 Å². The van der Waals surface area contributed by atoms with Crippen LogP contribution in [0.25, 0.3) is 10.8 Å². The lowest BCUT2D eigenvalue weighted by Crippen LogP contribution is -2.63. The summed E-state index contributed by atoms with van der Waals surface area (Å²) in [5.74, 6) is -14.5. The number of halogens is 9. The highest BCUT2D eigenvalue weighted by atomic mass is 32.3. The SMILES string of the molecule is CCCCCCCOc1ccc2cc(S3(OS(=O)(=O)C(F)(F)C(F)(F)C(F)(F)C(F)(F)F)CCCC3)ccc2c1. The van der Waals surface area contributed by atoms with Gasteiger partial charge < -0.3 is 4.74 Å². The highest BCUT2D eigenvalue weighted by molar-refractivity contribution is 8.33. The average molecular weight is 629 g/mol. The highest BCUT2D eigenvalue weighted by Gasteiger charge is 2.86. The summed E-state index contributed by atoms with van der Waals surface area (Å²) >= 11 is 0. The molecule has 0 bridgehead atoms. The van der Waals surface area contributed by atoms with Crippen LogP contribution in [-0.2, 0) is 13.7 Å². The van der Waals surface area contributed by atoms with Gasteiger partial charge in [-0.05, 0) is 54.3 Å². The maximum absolute atomic E-state index is 14.4. The van der Waals surface area contributed by atoms with Gasteiger partial charge in [0.2, 0.25) is 0 Å². The average Bonchev–Trinajstić information content (AvgIpc) is 3.33. The second kappa shape index (κ2) is 11.8. The van der Waals surface area contributed by atoms with Crippen LogP contribution in [0.2, 0.25) is 0 Å². The molecule has 0 unspecified atom stereocenters. The van der Waals surface area contributed by atoms with E-state index in [0.717, 1.165) is 32.1 Å². The van der Waals surface area contributed by atoms with Gasteiger partial charge in [-0.2, -0.15) is 47.9 Å². The van der Waals surface area contributed by atoms with E-state index in [1.807, 2.05) is 0 Å². The van der Waals surface area contributed by atoms with Crippen LogP contribution in [0, 0.1) is 0 Å². The maximum Gasteiger partial charge on any atom is 0.460 e. The Morgan fingerprint density at radius 1 is 0.775 bits per heavy atom. The molecule has 1 saturated heterocycles. The van der Waals surface area contributed by atoms with Gasteiger partial charge in [0.05, 0.1) is 6.61 Å². The topological polar surface area (TPSA) is 52.6 Å². The predicted octanol–water partition coefficient (Wildman–Crippen LogP) is 8.83. The van der Waals surface area contributed by atoms with E-state index in [9.17, 15) is 47.9 Å². The van der Waals surface area contributed by atoms with Gasteiger partial charge in [-0.25, -0.2) is 3.63 Å². The normalized spacial score (nSPS) is 17.8. The first-order valence-corrected chi connectivity index (χ1v) is 15.8. The summed E-state index contributed by atoms with van der Waals surface area (Å²) in [5, 5.41) is -5.78. The molecular formula is C25H29F9O4S2. The summed E-state index contributed by atoms with van der Waals surface area (Å²) in [5.41, 5.74) is 0. The van der Waals surface area contributed by atoms with Gasteiger partial charge in [0.15, 0.2) is 0 Å². The van der Waals surface area contributed by atoms with Gasteiger partial charge in [-0.3, -0.25) is 0 Å². The molecule has 40 heavy (non-hydrogen) atoms. The number of alkyl halides is 9. The number of ether oxygens (including phenoxy) is 1. The second-order valence-corrected chi connectivity index (χ2v) is 14.4. The third kappa shape index (κ3) is 6.15. The molecule has 1 fully saturated rings. The monoisotopic (exact) mass is 628 g/mol. The molecule has 0 atom stereocenters. The summed E-state index contributed by atoms with van der Waals surface area (Å²) in [6.07, 6.45) is -1.49. The molecule has 0 saturated carbocycles. The fraction of sp³-hybridized carbons (Fsp3) is 0.600. The first kappa shape index (κ1) is 32.6. The molecule has 0 spiro atoms. The van der Waals surface area contributed by atoms with Gasteiger partial charge >= 0.3 is 33.4 Å². The summed E-state index contributed by atoms with van der Waals surface area (Å²) in [7, 11) is -10.3. The first-order chi connectivity index (χ1) is 18.4. The Morgan fingerprint density at radius 2 is 1.35 bits per heavy atom. The summed E-state index contributed by atoms with van der Waals surface area (Å²) < 4.78 is 156. The van der Waals surface area contributed by atoms with Crippen molar-refractivity contribution in [2.24, 2.45) is 0 Å². The predicted molar refractivity (Wildman–Crippen MR) is 134 cm³/mol. The van der Waals surface area contributed by atoms with Crippen molar-refractivity contribution in [1.29, 1.82) is 0 Å². The van der Waals surface area contributed by atoms with Crippen molar-refractivity contribution >= 4 is 31.2 Å². The molecule has 0 N–H and O–H groups in total. The lowest BCUT2D eigenvalue weighted by molar-refractivity contribution is -0.382.